The van der Waals surface area contributed by atoms with Crippen LogP contribution in [0.2, 0.25) is 5.02 Å². The van der Waals surface area contributed by atoms with Crippen molar-refractivity contribution in [2.45, 2.75) is 51.3 Å². The average Bonchev–Trinajstić information content (AvgIpc) is 3.40. The van der Waals surface area contributed by atoms with Crippen molar-refractivity contribution in [1.82, 2.24) is 24.6 Å². The first-order valence-corrected chi connectivity index (χ1v) is 13.3. The molecule has 0 bridgehead atoms. The number of carboxylic acid groups (broad SMARTS) is 2. The number of hydrogen-bond acceptors (Lipinski definition) is 7. The molecular weight excluding hydrogens is 639 g/mol. The number of carbonyl (C=O) groups excluding carboxylic acids is 1. The summed E-state index contributed by atoms with van der Waals surface area (Å²) < 4.78 is 52.3. The number of amides is 1. The molecule has 0 saturated carbocycles. The van der Waals surface area contributed by atoms with Crippen LogP contribution < -0.4 is 11.0 Å². The molecule has 4 rings (SSSR count). The van der Waals surface area contributed by atoms with E-state index in [-0.39, 0.29) is 50.6 Å². The number of nitrogens with zero attached hydrogens (tertiary/aromatic N) is 5. The number of nitrogens with one attached hydrogen (secondary N) is 1. The first-order valence-electron chi connectivity index (χ1n) is 12.5. The lowest BCUT2D eigenvalue weighted by molar-refractivity contribution is -0.207. The van der Waals surface area contributed by atoms with Crippen LogP contribution in [0.4, 0.5) is 17.6 Å². The van der Waals surface area contributed by atoms with Crippen LogP contribution in [-0.4, -0.2) is 64.1 Å². The summed E-state index contributed by atoms with van der Waals surface area (Å²) in [6, 6.07) is 4.65. The number of pyridine rings is 1. The Morgan fingerprint density at radius 1 is 1.18 bits per heavy atom. The van der Waals surface area contributed by atoms with Gasteiger partial charge in [-0.05, 0) is 49.6 Å². The van der Waals surface area contributed by atoms with Crippen molar-refractivity contribution >= 4 is 46.9 Å². The highest BCUT2D eigenvalue weighted by molar-refractivity contribution is 6.32. The molecule has 44 heavy (non-hydrogen) atoms. The largest absolute Gasteiger partial charge is 0.494 e. The van der Waals surface area contributed by atoms with Crippen LogP contribution in [0, 0.1) is 18.7 Å². The molecule has 3 heterocycles. The summed E-state index contributed by atoms with van der Waals surface area (Å²) in [5.74, 6) is -4.28. The number of aliphatic imine (C=N–C) groups is 1. The zero-order valence-corrected chi connectivity index (χ0v) is 24.8. The van der Waals surface area contributed by atoms with E-state index in [4.69, 9.17) is 33.4 Å². The molecule has 0 spiro atoms. The van der Waals surface area contributed by atoms with Crippen LogP contribution in [0.1, 0.15) is 48.2 Å². The smallest absolute Gasteiger partial charge is 0.480 e. The van der Waals surface area contributed by atoms with E-state index in [1.54, 1.807) is 6.92 Å². The fourth-order valence-corrected chi connectivity index (χ4v) is 4.30. The number of aromatic carboxylic acids is 1. The second-order valence-corrected chi connectivity index (χ2v) is 10.8. The van der Waals surface area contributed by atoms with Crippen LogP contribution in [-0.2, 0) is 22.3 Å². The number of aromatic nitrogens is 4. The van der Waals surface area contributed by atoms with Crippen molar-refractivity contribution < 1.29 is 42.2 Å². The molecule has 18 heteroatoms. The normalized spacial score (nSPS) is 17.1. The predicted molar refractivity (Wildman–Crippen MR) is 149 cm³/mol. The third-order valence-corrected chi connectivity index (χ3v) is 7.32. The highest BCUT2D eigenvalue weighted by Gasteiger charge is 2.43. The Kier molecular flexibility index (Phi) is 9.89. The Balaban J connectivity index is 0.000000249. The summed E-state index contributed by atoms with van der Waals surface area (Å²) >= 11 is 11.4. The lowest BCUT2D eigenvalue weighted by Crippen LogP contribution is -2.41. The minimum Gasteiger partial charge on any atom is -0.480 e. The van der Waals surface area contributed by atoms with Gasteiger partial charge in [0.25, 0.3) is 5.91 Å². The second kappa shape index (κ2) is 12.7. The third-order valence-electron chi connectivity index (χ3n) is 6.63. The van der Waals surface area contributed by atoms with E-state index in [1.807, 2.05) is 13.8 Å². The molecule has 2 aromatic heterocycles. The maximum absolute atomic E-state index is 14.1. The number of alkyl halides is 4. The maximum atomic E-state index is 14.1. The lowest BCUT2D eigenvalue weighted by Gasteiger charge is -2.21. The molecule has 3 aromatic rings. The highest BCUT2D eigenvalue weighted by atomic mass is 35.5. The van der Waals surface area contributed by atoms with Crippen molar-refractivity contribution in [2.24, 2.45) is 10.9 Å². The minimum atomic E-state index is -5.03. The summed E-state index contributed by atoms with van der Waals surface area (Å²) in [6.07, 6.45) is -3.89. The number of carbonyl (C=O) groups is 3. The molecule has 0 saturated heterocycles. The molecule has 1 amide bonds. The van der Waals surface area contributed by atoms with Gasteiger partial charge in [0.1, 0.15) is 28.1 Å². The van der Waals surface area contributed by atoms with Gasteiger partial charge in [0, 0.05) is 17.6 Å². The summed E-state index contributed by atoms with van der Waals surface area (Å²) in [6.45, 7) is 6.44. The van der Waals surface area contributed by atoms with Crippen molar-refractivity contribution in [2.75, 3.05) is 0 Å². The topological polar surface area (TPSA) is 169 Å². The van der Waals surface area contributed by atoms with Gasteiger partial charge in [-0.3, -0.25) is 14.6 Å². The lowest BCUT2D eigenvalue weighted by atomic mass is 9.89. The quantitative estimate of drug-likeness (QED) is 0.253. The molecule has 0 radical (unpaired) electrons. The van der Waals surface area contributed by atoms with Gasteiger partial charge in [0.15, 0.2) is 11.7 Å². The van der Waals surface area contributed by atoms with E-state index < -0.39 is 56.7 Å². The van der Waals surface area contributed by atoms with E-state index >= 15 is 0 Å². The van der Waals surface area contributed by atoms with E-state index in [9.17, 15) is 36.7 Å². The first-order chi connectivity index (χ1) is 20.3. The van der Waals surface area contributed by atoms with Crippen LogP contribution in [0.5, 0.6) is 0 Å². The first kappa shape index (κ1) is 34.2. The molecule has 236 valence electrons. The third kappa shape index (κ3) is 6.91. The van der Waals surface area contributed by atoms with Crippen molar-refractivity contribution in [1.29, 1.82) is 0 Å². The molecule has 2 atom stereocenters. The molecule has 2 unspecified atom stereocenters. The SMILES string of the molecule is CC(C)C1(C)N=C(c2ncccc2C(=O)O)NC1=O.Cc1nn(-c2cc(CC(Cl)C(=O)O)c(Cl)cc2F)c(=O)n1C(F)(F)F. The zero-order valence-electron chi connectivity index (χ0n) is 23.3. The summed E-state index contributed by atoms with van der Waals surface area (Å²) in [5.41, 5.74) is -2.88. The zero-order chi connectivity index (χ0) is 33.3. The van der Waals surface area contributed by atoms with Gasteiger partial charge in [-0.2, -0.15) is 9.25 Å². The molecule has 0 fully saturated rings. The van der Waals surface area contributed by atoms with Crippen LogP contribution in [0.3, 0.4) is 0 Å². The van der Waals surface area contributed by atoms with Gasteiger partial charge in [0.2, 0.25) is 0 Å². The molecule has 1 aliphatic rings. The molecule has 3 N–H and O–H groups in total. The van der Waals surface area contributed by atoms with Gasteiger partial charge < -0.3 is 15.5 Å². The predicted octanol–water partition coefficient (Wildman–Crippen LogP) is 3.92. The van der Waals surface area contributed by atoms with Crippen LogP contribution in [0.15, 0.2) is 40.2 Å². The summed E-state index contributed by atoms with van der Waals surface area (Å²) in [5, 5.41) is 22.4. The Labute approximate surface area is 255 Å². The Morgan fingerprint density at radius 3 is 2.32 bits per heavy atom. The molecular formula is C26H24Cl2F4N6O6. The van der Waals surface area contributed by atoms with Crippen LogP contribution >= 0.6 is 23.2 Å². The van der Waals surface area contributed by atoms with Crippen molar-refractivity contribution in [3.8, 4) is 5.69 Å². The number of rotatable bonds is 7. The molecule has 0 aliphatic carbocycles. The monoisotopic (exact) mass is 662 g/mol. The van der Waals surface area contributed by atoms with Gasteiger partial charge in [-0.15, -0.1) is 29.9 Å². The van der Waals surface area contributed by atoms with E-state index in [0.717, 1.165) is 19.1 Å². The minimum absolute atomic E-state index is 0.00184. The average molecular weight is 663 g/mol. The molecule has 1 aliphatic heterocycles. The number of carboxylic acids is 2. The van der Waals surface area contributed by atoms with Gasteiger partial charge in [0.05, 0.1) is 5.56 Å². The fourth-order valence-electron chi connectivity index (χ4n) is 3.91. The van der Waals surface area contributed by atoms with Gasteiger partial charge in [-0.1, -0.05) is 25.4 Å². The number of aliphatic carboxylic acids is 1. The Morgan fingerprint density at radius 2 is 1.82 bits per heavy atom. The summed E-state index contributed by atoms with van der Waals surface area (Å²) in [7, 11) is 0. The summed E-state index contributed by atoms with van der Waals surface area (Å²) in [4.78, 5) is 54.3. The van der Waals surface area contributed by atoms with Crippen molar-refractivity contribution in [3.63, 3.8) is 0 Å². The van der Waals surface area contributed by atoms with E-state index in [2.05, 4.69) is 20.4 Å². The van der Waals surface area contributed by atoms with Crippen molar-refractivity contribution in [3.05, 3.63) is 74.4 Å². The molecule has 12 nitrogen and oxygen atoms in total. The van der Waals surface area contributed by atoms with Gasteiger partial charge in [-0.25, -0.2) is 19.0 Å². The number of hydrogen-bond donors (Lipinski definition) is 3. The van der Waals surface area contributed by atoms with E-state index in [1.165, 1.54) is 18.3 Å². The van der Waals surface area contributed by atoms with Crippen LogP contribution in [0.25, 0.3) is 5.69 Å². The van der Waals surface area contributed by atoms with E-state index in [0.29, 0.717) is 0 Å². The second-order valence-electron chi connectivity index (χ2n) is 9.87. The maximum Gasteiger partial charge on any atom is 0.494 e. The fraction of sp³-hybridized carbons (Fsp3) is 0.346. The number of aryl methyl sites for hydroxylation is 1. The number of amidine groups is 1. The standard InChI is InChI=1S/C13H9Cl2F4N3O3.C13H15N3O3/c1-5-20-22(12(25)21(5)13(17,18)19)10-3-6(2-8(15)11(23)24)7(14)4-9(10)16;1-7(2)13(3)12(19)15-10(16-13)9-8(11(17)18)5-4-6-14-9/h3-4,8H,2H2,1H3,(H,23,24);4-7H,1-3H3,(H,17,18)(H,15,16,19). The number of benzene rings is 1. The Bertz CT molecular complexity index is 1720. The number of halogens is 6. The Hall–Kier alpha value is -4.31. The highest BCUT2D eigenvalue weighted by Crippen LogP contribution is 2.28. The molecule has 1 aromatic carbocycles. The van der Waals surface area contributed by atoms with Gasteiger partial charge >= 0.3 is 23.9 Å².